The number of carbonyl (C=O) groups excluding carboxylic acids is 1. The Hall–Kier alpha value is -1.96. The van der Waals surface area contributed by atoms with Crippen molar-refractivity contribution in [3.05, 3.63) is 34.7 Å². The molecule has 0 aliphatic carbocycles. The molecule has 5 heterocycles. The SMILES string of the molecule is Nc1cccc(-c2cc3c(s2)CCOC32CCN(C3CCOC3=O)CC2)n1. The van der Waals surface area contributed by atoms with Crippen LogP contribution in [0, 0.1) is 0 Å². The van der Waals surface area contributed by atoms with E-state index < -0.39 is 0 Å². The molecular formula is C20H23N3O3S. The van der Waals surface area contributed by atoms with Gasteiger partial charge in [-0.1, -0.05) is 6.07 Å². The van der Waals surface area contributed by atoms with E-state index >= 15 is 0 Å². The van der Waals surface area contributed by atoms with Gasteiger partial charge in [-0.15, -0.1) is 11.3 Å². The monoisotopic (exact) mass is 385 g/mol. The van der Waals surface area contributed by atoms with E-state index in [9.17, 15) is 4.79 Å². The molecule has 3 aliphatic heterocycles. The Labute approximate surface area is 162 Å². The molecule has 2 aromatic heterocycles. The Bertz CT molecular complexity index is 873. The van der Waals surface area contributed by atoms with Crippen LogP contribution in [0.15, 0.2) is 24.3 Å². The van der Waals surface area contributed by atoms with E-state index in [1.807, 2.05) is 18.2 Å². The highest BCUT2D eigenvalue weighted by molar-refractivity contribution is 7.15. The van der Waals surface area contributed by atoms with Gasteiger partial charge in [-0.3, -0.25) is 9.69 Å². The number of ether oxygens (including phenoxy) is 2. The van der Waals surface area contributed by atoms with Crippen molar-refractivity contribution in [2.24, 2.45) is 0 Å². The maximum Gasteiger partial charge on any atom is 0.323 e. The van der Waals surface area contributed by atoms with Gasteiger partial charge in [-0.05, 0) is 36.6 Å². The van der Waals surface area contributed by atoms with Crippen LogP contribution in [0.4, 0.5) is 5.82 Å². The Balaban J connectivity index is 1.41. The Morgan fingerprint density at radius 1 is 1.26 bits per heavy atom. The van der Waals surface area contributed by atoms with Crippen molar-refractivity contribution in [1.82, 2.24) is 9.88 Å². The molecule has 27 heavy (non-hydrogen) atoms. The van der Waals surface area contributed by atoms with Crippen molar-refractivity contribution < 1.29 is 14.3 Å². The van der Waals surface area contributed by atoms with Gasteiger partial charge >= 0.3 is 5.97 Å². The first-order chi connectivity index (χ1) is 13.1. The normalized spacial score (nSPS) is 24.7. The third-order valence-corrected chi connectivity index (χ3v) is 7.20. The Morgan fingerprint density at radius 3 is 2.85 bits per heavy atom. The fourth-order valence-electron chi connectivity index (χ4n) is 4.56. The van der Waals surface area contributed by atoms with Gasteiger partial charge in [0.05, 0.1) is 29.4 Å². The van der Waals surface area contributed by atoms with Gasteiger partial charge in [0.1, 0.15) is 11.9 Å². The second-order valence-electron chi connectivity index (χ2n) is 7.50. The minimum atomic E-state index is -0.234. The van der Waals surface area contributed by atoms with Crippen LogP contribution in [-0.2, 0) is 26.3 Å². The van der Waals surface area contributed by atoms with Crippen molar-refractivity contribution >= 4 is 23.1 Å². The lowest BCUT2D eigenvalue weighted by Gasteiger charge is -2.44. The molecule has 2 fully saturated rings. The molecule has 2 aromatic rings. The number of cyclic esters (lactones) is 1. The van der Waals surface area contributed by atoms with Gasteiger partial charge < -0.3 is 15.2 Å². The largest absolute Gasteiger partial charge is 0.464 e. The van der Waals surface area contributed by atoms with E-state index in [0.29, 0.717) is 12.4 Å². The van der Waals surface area contributed by atoms with Gasteiger partial charge in [0.15, 0.2) is 0 Å². The number of carbonyl (C=O) groups is 1. The molecule has 0 aromatic carbocycles. The van der Waals surface area contributed by atoms with Gasteiger partial charge in [-0.25, -0.2) is 4.98 Å². The highest BCUT2D eigenvalue weighted by atomic mass is 32.1. The average Bonchev–Trinajstić information content (AvgIpc) is 3.30. The smallest absolute Gasteiger partial charge is 0.323 e. The molecule has 2 saturated heterocycles. The number of pyridine rings is 1. The number of piperidine rings is 1. The zero-order valence-electron chi connectivity index (χ0n) is 15.1. The predicted octanol–water partition coefficient (Wildman–Crippen LogP) is 2.57. The van der Waals surface area contributed by atoms with E-state index in [1.54, 1.807) is 11.3 Å². The van der Waals surface area contributed by atoms with Crippen LogP contribution >= 0.6 is 11.3 Å². The number of fused-ring (bicyclic) bond motifs is 2. The molecule has 1 atom stereocenters. The summed E-state index contributed by atoms with van der Waals surface area (Å²) in [5, 5.41) is 0. The number of hydrogen-bond acceptors (Lipinski definition) is 7. The maximum absolute atomic E-state index is 11.9. The van der Waals surface area contributed by atoms with Gasteiger partial charge in [0.25, 0.3) is 0 Å². The van der Waals surface area contributed by atoms with Crippen LogP contribution in [0.25, 0.3) is 10.6 Å². The van der Waals surface area contributed by atoms with E-state index in [4.69, 9.17) is 15.2 Å². The first-order valence-electron chi connectivity index (χ1n) is 9.55. The molecular weight excluding hydrogens is 362 g/mol. The maximum atomic E-state index is 11.9. The second-order valence-corrected chi connectivity index (χ2v) is 8.63. The second kappa shape index (κ2) is 6.58. The van der Waals surface area contributed by atoms with Crippen LogP contribution in [0.5, 0.6) is 0 Å². The highest BCUT2D eigenvalue weighted by Gasteiger charge is 2.44. The number of anilines is 1. The van der Waals surface area contributed by atoms with Gasteiger partial charge in [0.2, 0.25) is 0 Å². The average molecular weight is 385 g/mol. The zero-order valence-corrected chi connectivity index (χ0v) is 16.0. The predicted molar refractivity (Wildman–Crippen MR) is 103 cm³/mol. The molecule has 3 aliphatic rings. The standard InChI is InChI=1S/C20H23N3O3S/c21-18-3-1-2-14(22-18)17-12-13-16(27-17)5-11-26-20(13)6-8-23(9-7-20)15-4-10-25-19(15)24/h1-3,12,15H,4-11H2,(H2,21,22). The summed E-state index contributed by atoms with van der Waals surface area (Å²) in [5.74, 6) is 0.475. The molecule has 0 radical (unpaired) electrons. The van der Waals surface area contributed by atoms with Crippen molar-refractivity contribution in [3.8, 4) is 10.6 Å². The number of thiophene rings is 1. The molecule has 0 bridgehead atoms. The molecule has 1 spiro atoms. The molecule has 7 heteroatoms. The first kappa shape index (κ1) is 17.2. The summed E-state index contributed by atoms with van der Waals surface area (Å²) in [4.78, 5) is 21.2. The van der Waals surface area contributed by atoms with E-state index in [-0.39, 0.29) is 17.6 Å². The number of aromatic nitrogens is 1. The third-order valence-electron chi connectivity index (χ3n) is 5.98. The third kappa shape index (κ3) is 2.94. The Morgan fingerprint density at radius 2 is 2.11 bits per heavy atom. The summed E-state index contributed by atoms with van der Waals surface area (Å²) in [7, 11) is 0. The molecule has 5 rings (SSSR count). The number of rotatable bonds is 2. The van der Waals surface area contributed by atoms with Crippen LogP contribution in [-0.4, -0.2) is 48.2 Å². The van der Waals surface area contributed by atoms with E-state index in [2.05, 4.69) is 16.0 Å². The number of hydrogen-bond donors (Lipinski definition) is 1. The van der Waals surface area contributed by atoms with Gasteiger partial charge in [-0.2, -0.15) is 0 Å². The van der Waals surface area contributed by atoms with Crippen LogP contribution in [0.3, 0.4) is 0 Å². The molecule has 0 saturated carbocycles. The van der Waals surface area contributed by atoms with Crippen molar-refractivity contribution in [1.29, 1.82) is 0 Å². The summed E-state index contributed by atoms with van der Waals surface area (Å²) in [5.41, 5.74) is 7.87. The summed E-state index contributed by atoms with van der Waals surface area (Å²) in [6.45, 7) is 3.03. The van der Waals surface area contributed by atoms with E-state index in [0.717, 1.165) is 56.0 Å². The number of nitrogen functional groups attached to an aromatic ring is 1. The fraction of sp³-hybridized carbons (Fsp3) is 0.500. The van der Waals surface area contributed by atoms with Crippen molar-refractivity contribution in [2.45, 2.75) is 37.3 Å². The minimum Gasteiger partial charge on any atom is -0.464 e. The number of nitrogens with zero attached hydrogens (tertiary/aromatic N) is 2. The summed E-state index contributed by atoms with van der Waals surface area (Å²) in [6.07, 6.45) is 3.57. The molecule has 1 unspecified atom stereocenters. The van der Waals surface area contributed by atoms with Crippen LogP contribution in [0.1, 0.15) is 29.7 Å². The summed E-state index contributed by atoms with van der Waals surface area (Å²) in [6, 6.07) is 7.95. The van der Waals surface area contributed by atoms with Gasteiger partial charge in [0, 0.05) is 30.8 Å². The van der Waals surface area contributed by atoms with Crippen LogP contribution < -0.4 is 5.73 Å². The fourth-order valence-corrected chi connectivity index (χ4v) is 5.76. The summed E-state index contributed by atoms with van der Waals surface area (Å²) < 4.78 is 11.5. The van der Waals surface area contributed by atoms with E-state index in [1.165, 1.54) is 10.4 Å². The van der Waals surface area contributed by atoms with Crippen LogP contribution in [0.2, 0.25) is 0 Å². The molecule has 142 valence electrons. The van der Waals surface area contributed by atoms with Crippen molar-refractivity contribution in [2.75, 3.05) is 32.0 Å². The minimum absolute atomic E-state index is 0.0678. The lowest BCUT2D eigenvalue weighted by atomic mass is 9.81. The lowest BCUT2D eigenvalue weighted by Crippen LogP contribution is -2.50. The number of esters is 1. The molecule has 2 N–H and O–H groups in total. The highest BCUT2D eigenvalue weighted by Crippen LogP contribution is 2.46. The summed E-state index contributed by atoms with van der Waals surface area (Å²) >= 11 is 1.81. The quantitative estimate of drug-likeness (QED) is 0.801. The lowest BCUT2D eigenvalue weighted by molar-refractivity contribution is -0.145. The van der Waals surface area contributed by atoms with Crippen molar-refractivity contribution in [3.63, 3.8) is 0 Å². The number of likely N-dealkylation sites (tertiary alicyclic amines) is 1. The first-order valence-corrected chi connectivity index (χ1v) is 10.4. The molecule has 0 amide bonds. The zero-order chi connectivity index (χ0) is 18.4. The Kier molecular flexibility index (Phi) is 4.18. The topological polar surface area (TPSA) is 77.7 Å². The molecule has 6 nitrogen and oxygen atoms in total. The number of nitrogens with two attached hydrogens (primary N) is 1.